The number of nitrogens with one attached hydrogen (secondary N) is 1. The van der Waals surface area contributed by atoms with Crippen molar-refractivity contribution in [1.82, 2.24) is 15.5 Å². The van der Waals surface area contributed by atoms with Crippen LogP contribution in [-0.4, -0.2) is 48.3 Å². The number of carbonyl (C=O) groups excluding carboxylic acids is 1. The Morgan fingerprint density at radius 2 is 1.72 bits per heavy atom. The third kappa shape index (κ3) is 4.04. The largest absolute Gasteiger partial charge is 0.366 e. The number of hydrogen-bond acceptors (Lipinski definition) is 5. The molecule has 0 atom stereocenters. The van der Waals surface area contributed by atoms with E-state index in [9.17, 15) is 9.18 Å². The number of rotatable bonds is 4. The molecule has 0 spiro atoms. The molecule has 1 saturated heterocycles. The molecule has 1 N–H and O–H groups in total. The molecule has 2 heterocycles. The molecule has 3 rings (SSSR count). The molecule has 6 nitrogen and oxygen atoms in total. The van der Waals surface area contributed by atoms with Crippen LogP contribution in [0, 0.1) is 5.82 Å². The molecular weight excluding hydrogens is 321 g/mol. The second-order valence-electron chi connectivity index (χ2n) is 6.33. The van der Waals surface area contributed by atoms with Crippen molar-refractivity contribution in [3.63, 3.8) is 0 Å². The van der Waals surface area contributed by atoms with Crippen LogP contribution in [-0.2, 0) is 0 Å². The minimum Gasteiger partial charge on any atom is -0.366 e. The number of nitrogens with zero attached hydrogens (tertiary/aromatic N) is 4. The normalized spacial score (nSPS) is 14.7. The second-order valence-corrected chi connectivity index (χ2v) is 6.33. The number of para-hydroxylation sites is 1. The van der Waals surface area contributed by atoms with Gasteiger partial charge in [-0.2, -0.15) is 0 Å². The number of anilines is 2. The Kier molecular flexibility index (Phi) is 5.11. The third-order valence-corrected chi connectivity index (χ3v) is 4.10. The number of halogens is 1. The summed E-state index contributed by atoms with van der Waals surface area (Å²) >= 11 is 0. The maximum atomic E-state index is 13.9. The maximum Gasteiger partial charge on any atom is 0.271 e. The zero-order valence-electron chi connectivity index (χ0n) is 14.4. The molecule has 0 bridgehead atoms. The highest BCUT2D eigenvalue weighted by Gasteiger charge is 2.20. The molecule has 0 aliphatic carbocycles. The lowest BCUT2D eigenvalue weighted by atomic mass is 10.2. The van der Waals surface area contributed by atoms with Crippen molar-refractivity contribution < 1.29 is 9.18 Å². The zero-order valence-corrected chi connectivity index (χ0v) is 14.4. The van der Waals surface area contributed by atoms with E-state index in [0.717, 1.165) is 18.9 Å². The summed E-state index contributed by atoms with van der Waals surface area (Å²) in [5.74, 6) is 0.309. The van der Waals surface area contributed by atoms with E-state index >= 15 is 0 Å². The molecule has 1 aliphatic rings. The average Bonchev–Trinajstić information content (AvgIpc) is 2.62. The van der Waals surface area contributed by atoms with Crippen molar-refractivity contribution in [2.45, 2.75) is 19.9 Å². The van der Waals surface area contributed by atoms with Gasteiger partial charge in [-0.05, 0) is 38.1 Å². The van der Waals surface area contributed by atoms with E-state index in [0.29, 0.717) is 24.5 Å². The summed E-state index contributed by atoms with van der Waals surface area (Å²) < 4.78 is 13.9. The highest BCUT2D eigenvalue weighted by atomic mass is 19.1. The Bertz CT molecular complexity index is 727. The summed E-state index contributed by atoms with van der Waals surface area (Å²) in [6, 6.07) is 10.4. The van der Waals surface area contributed by atoms with Gasteiger partial charge in [-0.15, -0.1) is 10.2 Å². The predicted molar refractivity (Wildman–Crippen MR) is 95.5 cm³/mol. The van der Waals surface area contributed by atoms with Gasteiger partial charge in [-0.3, -0.25) is 4.79 Å². The minimum absolute atomic E-state index is 0.0560. The first-order chi connectivity index (χ1) is 12.0. The van der Waals surface area contributed by atoms with Gasteiger partial charge >= 0.3 is 0 Å². The van der Waals surface area contributed by atoms with Gasteiger partial charge in [-0.25, -0.2) is 4.39 Å². The van der Waals surface area contributed by atoms with Crippen LogP contribution in [0.4, 0.5) is 15.9 Å². The molecule has 25 heavy (non-hydrogen) atoms. The van der Waals surface area contributed by atoms with Crippen molar-refractivity contribution in [2.75, 3.05) is 36.0 Å². The van der Waals surface area contributed by atoms with Crippen molar-refractivity contribution in [3.05, 3.63) is 47.9 Å². The first-order valence-corrected chi connectivity index (χ1v) is 8.43. The Morgan fingerprint density at radius 1 is 1.04 bits per heavy atom. The maximum absolute atomic E-state index is 13.9. The van der Waals surface area contributed by atoms with Crippen LogP contribution >= 0.6 is 0 Å². The number of benzene rings is 1. The third-order valence-electron chi connectivity index (χ3n) is 4.10. The number of carbonyl (C=O) groups is 1. The molecule has 1 fully saturated rings. The van der Waals surface area contributed by atoms with Gasteiger partial charge in [0, 0.05) is 32.2 Å². The molecule has 2 aromatic rings. The summed E-state index contributed by atoms with van der Waals surface area (Å²) in [4.78, 5) is 16.0. The van der Waals surface area contributed by atoms with Gasteiger partial charge < -0.3 is 15.1 Å². The molecule has 1 aliphatic heterocycles. The molecule has 1 amide bonds. The van der Waals surface area contributed by atoms with Crippen molar-refractivity contribution >= 4 is 17.4 Å². The van der Waals surface area contributed by atoms with Crippen LogP contribution in [0.25, 0.3) is 0 Å². The lowest BCUT2D eigenvalue weighted by Gasteiger charge is -2.36. The lowest BCUT2D eigenvalue weighted by molar-refractivity contribution is 0.0937. The lowest BCUT2D eigenvalue weighted by Crippen LogP contribution is -2.47. The predicted octanol–water partition coefficient (Wildman–Crippen LogP) is 2.08. The quantitative estimate of drug-likeness (QED) is 0.921. The first kappa shape index (κ1) is 17.1. The fraction of sp³-hybridized carbons (Fsp3) is 0.389. The Balaban J connectivity index is 1.61. The van der Waals surface area contributed by atoms with E-state index in [1.165, 1.54) is 6.07 Å². The fourth-order valence-corrected chi connectivity index (χ4v) is 2.84. The smallest absolute Gasteiger partial charge is 0.271 e. The monoisotopic (exact) mass is 343 g/mol. The summed E-state index contributed by atoms with van der Waals surface area (Å²) in [5, 5.41) is 11.0. The van der Waals surface area contributed by atoms with Gasteiger partial charge in [0.15, 0.2) is 11.5 Å². The van der Waals surface area contributed by atoms with Crippen molar-refractivity contribution in [3.8, 4) is 0 Å². The van der Waals surface area contributed by atoms with E-state index in [2.05, 4.69) is 20.4 Å². The minimum atomic E-state index is -0.224. The molecule has 7 heteroatoms. The molecule has 0 unspecified atom stereocenters. The van der Waals surface area contributed by atoms with Crippen LogP contribution in [0.3, 0.4) is 0 Å². The molecule has 0 saturated carbocycles. The second kappa shape index (κ2) is 7.46. The van der Waals surface area contributed by atoms with Gasteiger partial charge in [0.2, 0.25) is 0 Å². The van der Waals surface area contributed by atoms with Crippen molar-refractivity contribution in [2.24, 2.45) is 0 Å². The number of hydrogen-bond donors (Lipinski definition) is 1. The number of piperazine rings is 1. The number of aromatic nitrogens is 2. The van der Waals surface area contributed by atoms with Crippen molar-refractivity contribution in [1.29, 1.82) is 0 Å². The Labute approximate surface area is 146 Å². The van der Waals surface area contributed by atoms with Gasteiger partial charge in [0.1, 0.15) is 5.82 Å². The fourth-order valence-electron chi connectivity index (χ4n) is 2.84. The summed E-state index contributed by atoms with van der Waals surface area (Å²) in [6.45, 7) is 6.65. The zero-order chi connectivity index (χ0) is 17.8. The van der Waals surface area contributed by atoms with E-state index < -0.39 is 0 Å². The standard InChI is InChI=1S/C18H22FN5O/c1-13(2)20-18(25)15-7-8-17(22-21-15)24-11-9-23(10-12-24)16-6-4-3-5-14(16)19/h3-8,13H,9-12H2,1-2H3,(H,20,25). The highest BCUT2D eigenvalue weighted by molar-refractivity contribution is 5.92. The van der Waals surface area contributed by atoms with Gasteiger partial charge in [0.25, 0.3) is 5.91 Å². The van der Waals surface area contributed by atoms with Crippen LogP contribution < -0.4 is 15.1 Å². The van der Waals surface area contributed by atoms with E-state index in [4.69, 9.17) is 0 Å². The summed E-state index contributed by atoms with van der Waals surface area (Å²) in [5.41, 5.74) is 0.941. The molecule has 0 radical (unpaired) electrons. The van der Waals surface area contributed by atoms with E-state index in [-0.39, 0.29) is 17.8 Å². The average molecular weight is 343 g/mol. The molecule has 132 valence electrons. The SMILES string of the molecule is CC(C)NC(=O)c1ccc(N2CCN(c3ccccc3F)CC2)nn1. The van der Waals surface area contributed by atoms with Gasteiger partial charge in [-0.1, -0.05) is 12.1 Å². The topological polar surface area (TPSA) is 61.4 Å². The Morgan fingerprint density at radius 3 is 2.32 bits per heavy atom. The van der Waals surface area contributed by atoms with Crippen LogP contribution in [0.1, 0.15) is 24.3 Å². The van der Waals surface area contributed by atoms with E-state index in [1.807, 2.05) is 24.8 Å². The van der Waals surface area contributed by atoms with Crippen LogP contribution in [0.15, 0.2) is 36.4 Å². The Hall–Kier alpha value is -2.70. The number of amides is 1. The van der Waals surface area contributed by atoms with E-state index in [1.54, 1.807) is 24.3 Å². The summed E-state index contributed by atoms with van der Waals surface area (Å²) in [6.07, 6.45) is 0. The summed E-state index contributed by atoms with van der Waals surface area (Å²) in [7, 11) is 0. The van der Waals surface area contributed by atoms with Crippen LogP contribution in [0.2, 0.25) is 0 Å². The van der Waals surface area contributed by atoms with Crippen LogP contribution in [0.5, 0.6) is 0 Å². The first-order valence-electron chi connectivity index (χ1n) is 8.43. The molecule has 1 aromatic carbocycles. The molecule has 1 aromatic heterocycles. The molecular formula is C18H22FN5O. The highest BCUT2D eigenvalue weighted by Crippen LogP contribution is 2.21. The van der Waals surface area contributed by atoms with Gasteiger partial charge in [0.05, 0.1) is 5.69 Å².